The summed E-state index contributed by atoms with van der Waals surface area (Å²) in [6.45, 7) is 0. The molecule has 0 saturated heterocycles. The molecule has 56 heavy (non-hydrogen) atoms. The molecule has 0 bridgehead atoms. The van der Waals surface area contributed by atoms with E-state index in [0.717, 1.165) is 94.5 Å². The second kappa shape index (κ2) is 13.0. The van der Waals surface area contributed by atoms with Gasteiger partial charge in [-0.1, -0.05) is 164 Å². The minimum atomic E-state index is 0.676. The van der Waals surface area contributed by atoms with Crippen molar-refractivity contribution < 1.29 is 4.42 Å². The molecule has 0 atom stereocenters. The van der Waals surface area contributed by atoms with Crippen molar-refractivity contribution in [1.29, 1.82) is 0 Å². The highest BCUT2D eigenvalue weighted by atomic mass is 16.3. The molecule has 0 spiro atoms. The SMILES string of the molecule is c1ccc(-c2ccc(-c3cc(-c4cccc(-n5c6ccccc6c6c7c(oc65)c(-c5ccccc5)nc5ccccc57)c4)nc(-c4ccccc4)n3)cc2)cc1. The Balaban J connectivity index is 1.11. The lowest BCUT2D eigenvalue weighted by Gasteiger charge is -2.12. The molecule has 5 nitrogen and oxygen atoms in total. The summed E-state index contributed by atoms with van der Waals surface area (Å²) >= 11 is 0. The predicted molar refractivity (Wildman–Crippen MR) is 229 cm³/mol. The molecule has 0 fully saturated rings. The van der Waals surface area contributed by atoms with Gasteiger partial charge >= 0.3 is 0 Å². The minimum Gasteiger partial charge on any atom is -0.437 e. The summed E-state index contributed by atoms with van der Waals surface area (Å²) in [5, 5.41) is 4.33. The van der Waals surface area contributed by atoms with Crippen molar-refractivity contribution in [1.82, 2.24) is 19.5 Å². The summed E-state index contributed by atoms with van der Waals surface area (Å²) in [6.07, 6.45) is 0. The monoisotopic (exact) mass is 716 g/mol. The molecule has 11 rings (SSSR count). The molecular weight excluding hydrogens is 685 g/mol. The summed E-state index contributed by atoms with van der Waals surface area (Å²) in [7, 11) is 0. The molecule has 4 heterocycles. The number of fused-ring (bicyclic) bond motifs is 7. The Morgan fingerprint density at radius 3 is 1.71 bits per heavy atom. The number of hydrogen-bond donors (Lipinski definition) is 0. The molecule has 0 amide bonds. The van der Waals surface area contributed by atoms with Crippen molar-refractivity contribution in [3.8, 4) is 62.0 Å². The van der Waals surface area contributed by atoms with Gasteiger partial charge in [-0.2, -0.15) is 0 Å². The van der Waals surface area contributed by atoms with Gasteiger partial charge in [0.05, 0.1) is 27.8 Å². The maximum absolute atomic E-state index is 7.03. The topological polar surface area (TPSA) is 56.7 Å². The van der Waals surface area contributed by atoms with Crippen LogP contribution in [0.4, 0.5) is 0 Å². The van der Waals surface area contributed by atoms with Crippen LogP contribution in [0.3, 0.4) is 0 Å². The van der Waals surface area contributed by atoms with Crippen LogP contribution in [-0.4, -0.2) is 19.5 Å². The van der Waals surface area contributed by atoms with E-state index in [9.17, 15) is 0 Å². The van der Waals surface area contributed by atoms with Crippen LogP contribution in [0.2, 0.25) is 0 Å². The molecule has 262 valence electrons. The third-order valence-electron chi connectivity index (χ3n) is 10.6. The molecule has 0 aliphatic rings. The number of benzene rings is 7. The Morgan fingerprint density at radius 2 is 0.964 bits per heavy atom. The van der Waals surface area contributed by atoms with Crippen LogP contribution in [-0.2, 0) is 0 Å². The van der Waals surface area contributed by atoms with E-state index in [4.69, 9.17) is 19.4 Å². The van der Waals surface area contributed by atoms with E-state index >= 15 is 0 Å². The Bertz CT molecular complexity index is 3220. The Kier molecular flexibility index (Phi) is 7.42. The maximum Gasteiger partial charge on any atom is 0.213 e. The predicted octanol–water partition coefficient (Wildman–Crippen LogP) is 13.2. The smallest absolute Gasteiger partial charge is 0.213 e. The van der Waals surface area contributed by atoms with Crippen LogP contribution in [0.1, 0.15) is 0 Å². The summed E-state index contributed by atoms with van der Waals surface area (Å²) in [5.74, 6) is 0.676. The third-order valence-corrected chi connectivity index (χ3v) is 10.6. The molecular formula is C51H32N4O. The second-order valence-electron chi connectivity index (χ2n) is 14.0. The van der Waals surface area contributed by atoms with Gasteiger partial charge in [0.1, 0.15) is 5.69 Å². The number of nitrogens with zero attached hydrogens (tertiary/aromatic N) is 4. The fourth-order valence-electron chi connectivity index (χ4n) is 7.97. The van der Waals surface area contributed by atoms with Crippen LogP contribution in [0.25, 0.3) is 106 Å². The van der Waals surface area contributed by atoms with Crippen LogP contribution >= 0.6 is 0 Å². The molecule has 7 aromatic carbocycles. The van der Waals surface area contributed by atoms with Gasteiger partial charge in [-0.15, -0.1) is 0 Å². The van der Waals surface area contributed by atoms with Crippen LogP contribution in [0.15, 0.2) is 199 Å². The first-order valence-electron chi connectivity index (χ1n) is 18.8. The summed E-state index contributed by atoms with van der Waals surface area (Å²) < 4.78 is 9.27. The zero-order valence-electron chi connectivity index (χ0n) is 30.2. The Hall–Kier alpha value is -7.63. The first-order valence-corrected chi connectivity index (χ1v) is 18.8. The van der Waals surface area contributed by atoms with Gasteiger partial charge in [0.15, 0.2) is 11.4 Å². The average Bonchev–Trinajstić information content (AvgIpc) is 3.82. The van der Waals surface area contributed by atoms with Gasteiger partial charge < -0.3 is 4.42 Å². The number of rotatable bonds is 6. The lowest BCUT2D eigenvalue weighted by Crippen LogP contribution is -1.97. The minimum absolute atomic E-state index is 0.676. The molecule has 0 unspecified atom stereocenters. The van der Waals surface area contributed by atoms with E-state index < -0.39 is 0 Å². The standard InChI is InChI=1S/C51H32N4O/c1-4-15-33(16-5-1)34-27-29-35(30-28-34)43-32-44(54-50(53-43)37-19-8-3-9-20-37)38-21-14-22-39(31-38)55-45-26-13-11-24-41(45)47-46-40-23-10-12-25-42(40)52-48(49(46)56-51(47)55)36-17-6-2-7-18-36/h1-32H. The molecule has 0 aliphatic carbocycles. The summed E-state index contributed by atoms with van der Waals surface area (Å²) in [5.41, 5.74) is 13.4. The zero-order chi connectivity index (χ0) is 37.0. The number of furan rings is 1. The summed E-state index contributed by atoms with van der Waals surface area (Å²) in [6, 6.07) is 67.1. The van der Waals surface area contributed by atoms with Gasteiger partial charge in [-0.3, -0.25) is 4.57 Å². The summed E-state index contributed by atoms with van der Waals surface area (Å²) in [4.78, 5) is 15.4. The first-order chi connectivity index (χ1) is 27.8. The van der Waals surface area contributed by atoms with E-state index in [1.165, 1.54) is 5.56 Å². The van der Waals surface area contributed by atoms with E-state index in [2.05, 4.69) is 150 Å². The number of hydrogen-bond acceptors (Lipinski definition) is 4. The second-order valence-corrected chi connectivity index (χ2v) is 14.0. The average molecular weight is 717 g/mol. The number of aromatic nitrogens is 4. The number of para-hydroxylation sites is 2. The Labute approximate surface area is 322 Å². The largest absolute Gasteiger partial charge is 0.437 e. The van der Waals surface area contributed by atoms with Crippen LogP contribution in [0, 0.1) is 0 Å². The van der Waals surface area contributed by atoms with Gasteiger partial charge in [0.25, 0.3) is 0 Å². The van der Waals surface area contributed by atoms with Crippen molar-refractivity contribution in [3.05, 3.63) is 194 Å². The van der Waals surface area contributed by atoms with Crippen molar-refractivity contribution in [2.45, 2.75) is 0 Å². The molecule has 11 aromatic rings. The number of pyridine rings is 1. The van der Waals surface area contributed by atoms with Gasteiger partial charge in [0, 0.05) is 44.1 Å². The highest BCUT2D eigenvalue weighted by Crippen LogP contribution is 2.44. The van der Waals surface area contributed by atoms with Crippen molar-refractivity contribution in [2.75, 3.05) is 0 Å². The van der Waals surface area contributed by atoms with Gasteiger partial charge in [-0.05, 0) is 41.5 Å². The molecule has 4 aromatic heterocycles. The molecule has 0 N–H and O–H groups in total. The van der Waals surface area contributed by atoms with Crippen LogP contribution in [0.5, 0.6) is 0 Å². The van der Waals surface area contributed by atoms with Crippen LogP contribution < -0.4 is 0 Å². The van der Waals surface area contributed by atoms with Crippen molar-refractivity contribution in [2.24, 2.45) is 0 Å². The normalized spacial score (nSPS) is 11.6. The third kappa shape index (κ3) is 5.29. The van der Waals surface area contributed by atoms with E-state index in [1.807, 2.05) is 48.5 Å². The molecule has 0 saturated carbocycles. The fraction of sp³-hybridized carbons (Fsp3) is 0. The fourth-order valence-corrected chi connectivity index (χ4v) is 7.97. The van der Waals surface area contributed by atoms with E-state index in [-0.39, 0.29) is 0 Å². The molecule has 0 aliphatic heterocycles. The van der Waals surface area contributed by atoms with Crippen molar-refractivity contribution >= 4 is 43.9 Å². The van der Waals surface area contributed by atoms with E-state index in [0.29, 0.717) is 5.82 Å². The lowest BCUT2D eigenvalue weighted by molar-refractivity contribution is 0.645. The van der Waals surface area contributed by atoms with Gasteiger partial charge in [0.2, 0.25) is 5.71 Å². The molecule has 0 radical (unpaired) electrons. The maximum atomic E-state index is 7.03. The zero-order valence-corrected chi connectivity index (χ0v) is 30.2. The highest BCUT2D eigenvalue weighted by Gasteiger charge is 2.24. The van der Waals surface area contributed by atoms with Crippen molar-refractivity contribution in [3.63, 3.8) is 0 Å². The molecule has 5 heteroatoms. The van der Waals surface area contributed by atoms with Gasteiger partial charge in [-0.25, -0.2) is 15.0 Å². The highest BCUT2D eigenvalue weighted by molar-refractivity contribution is 6.28. The van der Waals surface area contributed by atoms with E-state index in [1.54, 1.807) is 0 Å². The first kappa shape index (κ1) is 31.9. The Morgan fingerprint density at radius 1 is 0.393 bits per heavy atom. The lowest BCUT2D eigenvalue weighted by atomic mass is 10.0. The quantitative estimate of drug-likeness (QED) is 0.172.